The summed E-state index contributed by atoms with van der Waals surface area (Å²) in [5.41, 5.74) is 5.32. The van der Waals surface area contributed by atoms with Crippen LogP contribution in [0.2, 0.25) is 0 Å². The van der Waals surface area contributed by atoms with Crippen LogP contribution in [0.1, 0.15) is 44.9 Å². The topological polar surface area (TPSA) is 66.6 Å². The molecule has 0 aromatic rings. The highest BCUT2D eigenvalue weighted by molar-refractivity contribution is 5.76. The molecule has 1 aliphatic carbocycles. The average molecular weight is 254 g/mol. The van der Waals surface area contributed by atoms with Crippen molar-refractivity contribution in [3.8, 4) is 0 Å². The minimum atomic E-state index is -0.196. The molecule has 4 heteroatoms. The molecule has 0 aromatic carbocycles. The van der Waals surface area contributed by atoms with Gasteiger partial charge in [-0.05, 0) is 38.3 Å². The third-order valence-electron chi connectivity index (χ3n) is 4.54. The van der Waals surface area contributed by atoms with Crippen molar-refractivity contribution in [3.63, 3.8) is 0 Å². The second-order valence-corrected chi connectivity index (χ2v) is 6.02. The zero-order chi connectivity index (χ0) is 13.0. The summed E-state index contributed by atoms with van der Waals surface area (Å²) < 4.78 is 0. The zero-order valence-electron chi connectivity index (χ0n) is 11.2. The first-order valence-electron chi connectivity index (χ1n) is 7.35. The normalized spacial score (nSPS) is 25.4. The van der Waals surface area contributed by atoms with Crippen molar-refractivity contribution in [2.75, 3.05) is 19.6 Å². The molecule has 1 amide bonds. The zero-order valence-corrected chi connectivity index (χ0v) is 11.2. The summed E-state index contributed by atoms with van der Waals surface area (Å²) in [7, 11) is 0. The molecule has 4 nitrogen and oxygen atoms in total. The van der Waals surface area contributed by atoms with Crippen molar-refractivity contribution in [3.05, 3.63) is 0 Å². The third-order valence-corrected chi connectivity index (χ3v) is 4.54. The molecular weight excluding hydrogens is 228 g/mol. The Labute approximate surface area is 110 Å². The smallest absolute Gasteiger partial charge is 0.220 e. The maximum Gasteiger partial charge on any atom is 0.220 e. The predicted molar refractivity (Wildman–Crippen MR) is 70.9 cm³/mol. The first-order valence-corrected chi connectivity index (χ1v) is 7.35. The lowest BCUT2D eigenvalue weighted by Crippen LogP contribution is -2.42. The largest absolute Gasteiger partial charge is 0.392 e. The number of hydrogen-bond donors (Lipinski definition) is 2. The van der Waals surface area contributed by atoms with Crippen LogP contribution in [0.3, 0.4) is 0 Å². The second kappa shape index (κ2) is 6.53. The fourth-order valence-electron chi connectivity index (χ4n) is 3.40. The lowest BCUT2D eigenvalue weighted by molar-refractivity contribution is -0.123. The number of amides is 1. The summed E-state index contributed by atoms with van der Waals surface area (Å²) in [5.74, 6) is 0.623. The maximum absolute atomic E-state index is 11.1. The molecule has 18 heavy (non-hydrogen) atoms. The Morgan fingerprint density at radius 1 is 1.22 bits per heavy atom. The molecule has 1 saturated carbocycles. The van der Waals surface area contributed by atoms with Gasteiger partial charge in [0, 0.05) is 12.5 Å². The van der Waals surface area contributed by atoms with Crippen molar-refractivity contribution in [1.82, 2.24) is 4.90 Å². The van der Waals surface area contributed by atoms with Crippen LogP contribution in [0, 0.1) is 11.8 Å². The van der Waals surface area contributed by atoms with E-state index in [1.807, 2.05) is 0 Å². The van der Waals surface area contributed by atoms with Gasteiger partial charge in [-0.1, -0.05) is 25.7 Å². The Bertz CT molecular complexity index is 269. The quantitative estimate of drug-likeness (QED) is 0.773. The van der Waals surface area contributed by atoms with Gasteiger partial charge in [-0.3, -0.25) is 4.79 Å². The van der Waals surface area contributed by atoms with Gasteiger partial charge < -0.3 is 15.7 Å². The van der Waals surface area contributed by atoms with Crippen LogP contribution in [0.15, 0.2) is 0 Å². The summed E-state index contributed by atoms with van der Waals surface area (Å²) in [6.07, 6.45) is 7.72. The van der Waals surface area contributed by atoms with Gasteiger partial charge in [-0.15, -0.1) is 0 Å². The molecule has 1 heterocycles. The molecule has 1 aliphatic heterocycles. The van der Waals surface area contributed by atoms with E-state index >= 15 is 0 Å². The fraction of sp³-hybridized carbons (Fsp3) is 0.929. The SMILES string of the molecule is NC(=O)C1CCN(CC(O)CC2CCCC2)CC1. The second-order valence-electron chi connectivity index (χ2n) is 6.02. The molecule has 2 rings (SSSR count). The van der Waals surface area contributed by atoms with Gasteiger partial charge in [0.25, 0.3) is 0 Å². The number of hydrogen-bond acceptors (Lipinski definition) is 3. The molecule has 2 fully saturated rings. The Balaban J connectivity index is 1.65. The minimum absolute atomic E-state index is 0.0493. The number of nitrogens with zero attached hydrogens (tertiary/aromatic N) is 1. The number of carbonyl (C=O) groups is 1. The molecular formula is C14H26N2O2. The van der Waals surface area contributed by atoms with Gasteiger partial charge in [-0.2, -0.15) is 0 Å². The minimum Gasteiger partial charge on any atom is -0.392 e. The van der Waals surface area contributed by atoms with Crippen LogP contribution >= 0.6 is 0 Å². The first-order chi connectivity index (χ1) is 8.65. The number of nitrogens with two attached hydrogens (primary N) is 1. The van der Waals surface area contributed by atoms with Crippen LogP contribution in [-0.2, 0) is 4.79 Å². The van der Waals surface area contributed by atoms with E-state index in [9.17, 15) is 9.90 Å². The standard InChI is InChI=1S/C14H26N2O2/c15-14(18)12-5-7-16(8-6-12)10-13(17)9-11-3-1-2-4-11/h11-13,17H,1-10H2,(H2,15,18). The molecule has 1 atom stereocenters. The van der Waals surface area contributed by atoms with Crippen molar-refractivity contribution in [1.29, 1.82) is 0 Å². The lowest BCUT2D eigenvalue weighted by Gasteiger charge is -2.32. The predicted octanol–water partition coefficient (Wildman–Crippen LogP) is 1.12. The van der Waals surface area contributed by atoms with Crippen molar-refractivity contribution in [2.24, 2.45) is 17.6 Å². The van der Waals surface area contributed by atoms with E-state index in [2.05, 4.69) is 4.90 Å². The molecule has 104 valence electrons. The summed E-state index contributed by atoms with van der Waals surface area (Å²) in [6, 6.07) is 0. The highest BCUT2D eigenvalue weighted by atomic mass is 16.3. The van der Waals surface area contributed by atoms with Crippen LogP contribution in [0.25, 0.3) is 0 Å². The van der Waals surface area contributed by atoms with Crippen LogP contribution in [-0.4, -0.2) is 41.7 Å². The highest BCUT2D eigenvalue weighted by Gasteiger charge is 2.25. The van der Waals surface area contributed by atoms with Crippen LogP contribution < -0.4 is 5.73 Å². The molecule has 1 saturated heterocycles. The summed E-state index contributed by atoms with van der Waals surface area (Å²) in [6.45, 7) is 2.56. The number of rotatable bonds is 5. The van der Waals surface area contributed by atoms with Gasteiger partial charge in [0.05, 0.1) is 6.10 Å². The molecule has 0 radical (unpaired) electrons. The van der Waals surface area contributed by atoms with Gasteiger partial charge in [0.2, 0.25) is 5.91 Å². The Morgan fingerprint density at radius 3 is 2.39 bits per heavy atom. The van der Waals surface area contributed by atoms with E-state index in [4.69, 9.17) is 5.73 Å². The summed E-state index contributed by atoms with van der Waals surface area (Å²) in [5, 5.41) is 10.1. The van der Waals surface area contributed by atoms with E-state index < -0.39 is 0 Å². The molecule has 0 aromatic heterocycles. The number of aliphatic hydroxyl groups excluding tert-OH is 1. The van der Waals surface area contributed by atoms with Crippen molar-refractivity contribution in [2.45, 2.75) is 51.0 Å². The monoisotopic (exact) mass is 254 g/mol. The number of aliphatic hydroxyl groups is 1. The molecule has 0 spiro atoms. The first kappa shape index (κ1) is 13.8. The number of carbonyl (C=O) groups excluding carboxylic acids is 1. The number of primary amides is 1. The average Bonchev–Trinajstić information content (AvgIpc) is 2.82. The van der Waals surface area contributed by atoms with E-state index in [1.165, 1.54) is 25.7 Å². The third kappa shape index (κ3) is 3.95. The van der Waals surface area contributed by atoms with E-state index in [0.29, 0.717) is 0 Å². The van der Waals surface area contributed by atoms with Crippen LogP contribution in [0.5, 0.6) is 0 Å². The summed E-state index contributed by atoms with van der Waals surface area (Å²) >= 11 is 0. The van der Waals surface area contributed by atoms with Gasteiger partial charge in [0.1, 0.15) is 0 Å². The number of likely N-dealkylation sites (tertiary alicyclic amines) is 1. The van der Waals surface area contributed by atoms with Crippen molar-refractivity contribution < 1.29 is 9.90 Å². The fourth-order valence-corrected chi connectivity index (χ4v) is 3.40. The Hall–Kier alpha value is -0.610. The molecule has 2 aliphatic rings. The number of piperidine rings is 1. The Kier molecular flexibility index (Phi) is 5.01. The highest BCUT2D eigenvalue weighted by Crippen LogP contribution is 2.29. The molecule has 1 unspecified atom stereocenters. The lowest BCUT2D eigenvalue weighted by atomic mass is 9.95. The van der Waals surface area contributed by atoms with Crippen LogP contribution in [0.4, 0.5) is 0 Å². The maximum atomic E-state index is 11.1. The van der Waals surface area contributed by atoms with Gasteiger partial charge >= 0.3 is 0 Å². The Morgan fingerprint density at radius 2 is 1.83 bits per heavy atom. The summed E-state index contributed by atoms with van der Waals surface area (Å²) in [4.78, 5) is 13.3. The molecule has 3 N–H and O–H groups in total. The van der Waals surface area contributed by atoms with Gasteiger partial charge in [0.15, 0.2) is 0 Å². The number of β-amino-alcohol motifs (C(OH)–C–C–N with tert-alkyl or cyclic N) is 1. The van der Waals surface area contributed by atoms with Crippen molar-refractivity contribution >= 4 is 5.91 Å². The van der Waals surface area contributed by atoms with E-state index in [0.717, 1.165) is 44.8 Å². The van der Waals surface area contributed by atoms with Gasteiger partial charge in [-0.25, -0.2) is 0 Å². The van der Waals surface area contributed by atoms with E-state index in [1.54, 1.807) is 0 Å². The van der Waals surface area contributed by atoms with E-state index in [-0.39, 0.29) is 17.9 Å². The molecule has 0 bridgehead atoms.